The van der Waals surface area contributed by atoms with Crippen molar-refractivity contribution in [3.63, 3.8) is 0 Å². The predicted octanol–water partition coefficient (Wildman–Crippen LogP) is 4.39. The van der Waals surface area contributed by atoms with Crippen molar-refractivity contribution in [2.45, 2.75) is 13.1 Å². The molecule has 136 valence electrons. The molecule has 4 N–H and O–H groups in total. The maximum Gasteiger partial charge on any atom is 0.255 e. The van der Waals surface area contributed by atoms with Gasteiger partial charge in [0.05, 0.1) is 11.4 Å². The summed E-state index contributed by atoms with van der Waals surface area (Å²) in [4.78, 5) is 14.8. The number of hydrogen-bond acceptors (Lipinski definition) is 4. The molecule has 5 nitrogen and oxygen atoms in total. The molecule has 4 rings (SSSR count). The molecule has 0 saturated carbocycles. The number of carbonyl (C=O) groups excluding carboxylic acids is 1. The zero-order chi connectivity index (χ0) is 19.0. The fourth-order valence-electron chi connectivity index (χ4n) is 3.30. The summed E-state index contributed by atoms with van der Waals surface area (Å²) >= 11 is 0. The molecule has 3 aromatic rings. The summed E-state index contributed by atoms with van der Waals surface area (Å²) in [6.45, 7) is 2.02. The summed E-state index contributed by atoms with van der Waals surface area (Å²) in [5.74, 6) is -0.119. The van der Waals surface area contributed by atoms with Gasteiger partial charge in [0.1, 0.15) is 6.17 Å². The lowest BCUT2D eigenvalue weighted by molar-refractivity contribution is 0.102. The monoisotopic (exact) mass is 358 g/mol. The number of nitrogens with one attached hydrogen (secondary N) is 2. The van der Waals surface area contributed by atoms with Gasteiger partial charge in [-0.05, 0) is 55.0 Å². The number of carbonyl (C=O) groups is 1. The quantitative estimate of drug-likeness (QED) is 0.607. The van der Waals surface area contributed by atoms with Gasteiger partial charge in [-0.3, -0.25) is 4.79 Å². The van der Waals surface area contributed by atoms with Crippen molar-refractivity contribution in [1.29, 1.82) is 0 Å². The van der Waals surface area contributed by atoms with E-state index in [1.807, 2.05) is 80.7 Å². The third-order valence-electron chi connectivity index (χ3n) is 4.88. The van der Waals surface area contributed by atoms with E-state index in [-0.39, 0.29) is 12.1 Å². The van der Waals surface area contributed by atoms with Crippen molar-refractivity contribution < 1.29 is 4.79 Å². The molecule has 0 bridgehead atoms. The average molecular weight is 358 g/mol. The minimum Gasteiger partial charge on any atom is -0.399 e. The fourth-order valence-corrected chi connectivity index (χ4v) is 3.30. The second-order valence-electron chi connectivity index (χ2n) is 6.88. The first-order valence-electron chi connectivity index (χ1n) is 8.88. The van der Waals surface area contributed by atoms with Gasteiger partial charge < -0.3 is 21.3 Å². The highest BCUT2D eigenvalue weighted by Gasteiger charge is 2.27. The van der Waals surface area contributed by atoms with Crippen molar-refractivity contribution in [3.8, 4) is 0 Å². The standard InChI is InChI=1S/C22H22N4O/c1-14-3-10-18(11-4-14)24-22(27)16-7-12-19-20(13-16)26(2)21(25-19)15-5-8-17(23)9-6-15/h3-13,21,25H,23H2,1-2H3,(H,24,27). The highest BCUT2D eigenvalue weighted by atomic mass is 16.1. The zero-order valence-electron chi connectivity index (χ0n) is 15.4. The Morgan fingerprint density at radius 3 is 2.44 bits per heavy atom. The summed E-state index contributed by atoms with van der Waals surface area (Å²) in [7, 11) is 2.02. The number of amides is 1. The van der Waals surface area contributed by atoms with Crippen LogP contribution in [0.3, 0.4) is 0 Å². The van der Waals surface area contributed by atoms with Gasteiger partial charge in [0.25, 0.3) is 5.91 Å². The van der Waals surface area contributed by atoms with Crippen LogP contribution in [-0.2, 0) is 0 Å². The minimum atomic E-state index is -0.119. The van der Waals surface area contributed by atoms with Crippen LogP contribution >= 0.6 is 0 Å². The number of nitrogens with zero attached hydrogens (tertiary/aromatic N) is 1. The van der Waals surface area contributed by atoms with Gasteiger partial charge in [-0.1, -0.05) is 29.8 Å². The Bertz CT molecular complexity index is 980. The van der Waals surface area contributed by atoms with Gasteiger partial charge in [-0.15, -0.1) is 0 Å². The first-order chi connectivity index (χ1) is 13.0. The van der Waals surface area contributed by atoms with Gasteiger partial charge in [-0.2, -0.15) is 0 Å². The fraction of sp³-hybridized carbons (Fsp3) is 0.136. The lowest BCUT2D eigenvalue weighted by Gasteiger charge is -2.22. The number of nitrogen functional groups attached to an aromatic ring is 1. The molecule has 1 amide bonds. The third kappa shape index (κ3) is 3.31. The molecule has 5 heteroatoms. The van der Waals surface area contributed by atoms with E-state index in [9.17, 15) is 4.79 Å². The minimum absolute atomic E-state index is 0.0102. The van der Waals surface area contributed by atoms with Crippen LogP contribution in [0.4, 0.5) is 22.7 Å². The van der Waals surface area contributed by atoms with Crippen LogP contribution in [0.25, 0.3) is 0 Å². The summed E-state index contributed by atoms with van der Waals surface area (Å²) in [6.07, 6.45) is 0.0102. The van der Waals surface area contributed by atoms with Crippen LogP contribution in [-0.4, -0.2) is 13.0 Å². The van der Waals surface area contributed by atoms with Crippen LogP contribution in [0.15, 0.2) is 66.7 Å². The van der Waals surface area contributed by atoms with Gasteiger partial charge in [-0.25, -0.2) is 0 Å². The SMILES string of the molecule is Cc1ccc(NC(=O)c2ccc3c(c2)N(C)C(c2ccc(N)cc2)N3)cc1. The molecule has 1 aliphatic rings. The van der Waals surface area contributed by atoms with E-state index in [1.54, 1.807) is 0 Å². The number of benzene rings is 3. The maximum absolute atomic E-state index is 12.6. The van der Waals surface area contributed by atoms with Crippen molar-refractivity contribution in [1.82, 2.24) is 0 Å². The van der Waals surface area contributed by atoms with E-state index in [2.05, 4.69) is 15.5 Å². The molecule has 3 aromatic carbocycles. The summed E-state index contributed by atoms with van der Waals surface area (Å²) < 4.78 is 0. The molecule has 1 atom stereocenters. The lowest BCUT2D eigenvalue weighted by Crippen LogP contribution is -2.23. The normalized spacial score (nSPS) is 15.2. The summed E-state index contributed by atoms with van der Waals surface area (Å²) in [6, 6.07) is 21.3. The van der Waals surface area contributed by atoms with Crippen molar-refractivity contribution in [2.24, 2.45) is 0 Å². The molecular formula is C22H22N4O. The van der Waals surface area contributed by atoms with E-state index < -0.39 is 0 Å². The van der Waals surface area contributed by atoms with Crippen molar-refractivity contribution in [3.05, 3.63) is 83.4 Å². The lowest BCUT2D eigenvalue weighted by atomic mass is 10.1. The smallest absolute Gasteiger partial charge is 0.255 e. The Hall–Kier alpha value is -3.47. The van der Waals surface area contributed by atoms with Crippen LogP contribution in [0, 0.1) is 6.92 Å². The van der Waals surface area contributed by atoms with E-state index in [4.69, 9.17) is 5.73 Å². The molecule has 1 aliphatic heterocycles. The average Bonchev–Trinajstić information content (AvgIpc) is 3.00. The largest absolute Gasteiger partial charge is 0.399 e. The Morgan fingerprint density at radius 1 is 1.04 bits per heavy atom. The number of nitrogens with two attached hydrogens (primary N) is 1. The van der Waals surface area contributed by atoms with Crippen LogP contribution in [0.1, 0.15) is 27.7 Å². The number of aryl methyl sites for hydroxylation is 1. The summed E-state index contributed by atoms with van der Waals surface area (Å²) in [5.41, 5.74) is 12.2. The van der Waals surface area contributed by atoms with Gasteiger partial charge in [0.15, 0.2) is 0 Å². The molecule has 27 heavy (non-hydrogen) atoms. The molecule has 0 aliphatic carbocycles. The highest BCUT2D eigenvalue weighted by Crippen LogP contribution is 2.40. The zero-order valence-corrected chi connectivity index (χ0v) is 15.4. The molecule has 1 heterocycles. The van der Waals surface area contributed by atoms with Crippen LogP contribution < -0.4 is 21.3 Å². The van der Waals surface area contributed by atoms with E-state index in [0.29, 0.717) is 5.56 Å². The number of rotatable bonds is 3. The number of anilines is 4. The predicted molar refractivity (Wildman–Crippen MR) is 111 cm³/mol. The second kappa shape index (κ2) is 6.68. The molecule has 0 spiro atoms. The molecule has 0 fully saturated rings. The van der Waals surface area contributed by atoms with Gasteiger partial charge >= 0.3 is 0 Å². The van der Waals surface area contributed by atoms with E-state index in [0.717, 1.165) is 33.9 Å². The summed E-state index contributed by atoms with van der Waals surface area (Å²) in [5, 5.41) is 6.44. The topological polar surface area (TPSA) is 70.4 Å². The van der Waals surface area contributed by atoms with Gasteiger partial charge in [0.2, 0.25) is 0 Å². The molecule has 0 saturated heterocycles. The molecule has 0 aromatic heterocycles. The van der Waals surface area contributed by atoms with E-state index >= 15 is 0 Å². The van der Waals surface area contributed by atoms with E-state index in [1.165, 1.54) is 0 Å². The Labute approximate surface area is 158 Å². The highest BCUT2D eigenvalue weighted by molar-refractivity contribution is 6.05. The Balaban J connectivity index is 1.55. The molecule has 0 radical (unpaired) electrons. The Kier molecular flexibility index (Phi) is 4.20. The van der Waals surface area contributed by atoms with Crippen LogP contribution in [0.2, 0.25) is 0 Å². The first-order valence-corrected chi connectivity index (χ1v) is 8.88. The Morgan fingerprint density at radius 2 is 1.74 bits per heavy atom. The molecule has 1 unspecified atom stereocenters. The van der Waals surface area contributed by atoms with Crippen LogP contribution in [0.5, 0.6) is 0 Å². The number of hydrogen-bond donors (Lipinski definition) is 3. The molecular weight excluding hydrogens is 336 g/mol. The number of fused-ring (bicyclic) bond motifs is 1. The first kappa shape index (κ1) is 17.0. The van der Waals surface area contributed by atoms with Gasteiger partial charge in [0, 0.05) is 24.0 Å². The second-order valence-corrected chi connectivity index (χ2v) is 6.88. The maximum atomic E-state index is 12.6. The van der Waals surface area contributed by atoms with Crippen molar-refractivity contribution >= 4 is 28.7 Å². The third-order valence-corrected chi connectivity index (χ3v) is 4.88. The van der Waals surface area contributed by atoms with Crippen molar-refractivity contribution in [2.75, 3.05) is 28.3 Å².